The molecule has 1 aliphatic heterocycles. The van der Waals surface area contributed by atoms with Gasteiger partial charge in [0.2, 0.25) is 5.91 Å². The molecule has 8 nitrogen and oxygen atoms in total. The monoisotopic (exact) mass is 445 g/mol. The van der Waals surface area contributed by atoms with Gasteiger partial charge in [0.1, 0.15) is 11.5 Å². The van der Waals surface area contributed by atoms with Crippen LogP contribution in [0.4, 0.5) is 5.82 Å². The number of rotatable bonds is 6. The summed E-state index contributed by atoms with van der Waals surface area (Å²) in [4.78, 5) is 29.0. The molecule has 0 spiro atoms. The zero-order valence-electron chi connectivity index (χ0n) is 19.9. The molecule has 2 N–H and O–H groups in total. The third kappa shape index (κ3) is 3.74. The first-order chi connectivity index (χ1) is 15.8. The Kier molecular flexibility index (Phi) is 5.32. The Morgan fingerprint density at radius 2 is 2.06 bits per heavy atom. The molecular weight excluding hydrogens is 414 g/mol. The maximum Gasteiger partial charge on any atom is 0.236 e. The second kappa shape index (κ2) is 8.19. The minimum Gasteiger partial charge on any atom is -0.353 e. The summed E-state index contributed by atoms with van der Waals surface area (Å²) in [5.41, 5.74) is 6.55. The molecule has 1 aliphatic rings. The molecule has 0 atom stereocenters. The molecule has 0 aromatic carbocycles. The molecule has 0 bridgehead atoms. The summed E-state index contributed by atoms with van der Waals surface area (Å²) >= 11 is 0. The van der Waals surface area contributed by atoms with Crippen LogP contribution in [0.3, 0.4) is 0 Å². The molecule has 4 aromatic heterocycles. The average Bonchev–Trinajstić information content (AvgIpc) is 3.30. The van der Waals surface area contributed by atoms with Crippen molar-refractivity contribution in [2.24, 2.45) is 7.05 Å². The maximum absolute atomic E-state index is 11.8. The topological polar surface area (TPSA) is 82.1 Å². The molecular formula is C25H31N7O. The van der Waals surface area contributed by atoms with E-state index >= 15 is 0 Å². The molecule has 1 saturated heterocycles. The van der Waals surface area contributed by atoms with E-state index in [4.69, 9.17) is 4.98 Å². The van der Waals surface area contributed by atoms with Crippen molar-refractivity contribution in [1.82, 2.24) is 29.7 Å². The highest BCUT2D eigenvalue weighted by Crippen LogP contribution is 2.38. The summed E-state index contributed by atoms with van der Waals surface area (Å²) in [6.07, 6.45) is 3.98. The second-order valence-corrected chi connectivity index (χ2v) is 9.43. The standard InChI is InChI=1S/C25H31N7O/c1-15(2)22-23(18-14-31(5)25-17(18)7-6-10-26-25)28-19-8-9-20(29-24(19)22)32-12-16(13-32)27-11-21(33)30(3)4/h6-10,14-16,27-28H,11-13H2,1-5H3. The molecule has 1 fully saturated rings. The van der Waals surface area contributed by atoms with E-state index in [0.717, 1.165) is 52.2 Å². The quantitative estimate of drug-likeness (QED) is 0.477. The Morgan fingerprint density at radius 1 is 1.27 bits per heavy atom. The lowest BCUT2D eigenvalue weighted by Crippen LogP contribution is -2.59. The fraction of sp³-hybridized carbons (Fsp3) is 0.400. The predicted octanol–water partition coefficient (Wildman–Crippen LogP) is 3.11. The molecule has 0 radical (unpaired) electrons. The smallest absolute Gasteiger partial charge is 0.236 e. The number of hydrogen-bond acceptors (Lipinski definition) is 5. The third-order valence-electron chi connectivity index (χ3n) is 6.49. The van der Waals surface area contributed by atoms with Crippen LogP contribution < -0.4 is 10.2 Å². The number of anilines is 1. The van der Waals surface area contributed by atoms with Gasteiger partial charge in [-0.3, -0.25) is 4.79 Å². The molecule has 0 unspecified atom stereocenters. The first kappa shape index (κ1) is 21.5. The Morgan fingerprint density at radius 3 is 2.79 bits per heavy atom. The third-order valence-corrected chi connectivity index (χ3v) is 6.49. The number of nitrogens with zero attached hydrogens (tertiary/aromatic N) is 5. The fourth-order valence-electron chi connectivity index (χ4n) is 4.62. The number of hydrogen-bond donors (Lipinski definition) is 2. The van der Waals surface area contributed by atoms with Gasteiger partial charge in [-0.2, -0.15) is 0 Å². The lowest BCUT2D eigenvalue weighted by Gasteiger charge is -2.40. The van der Waals surface area contributed by atoms with Crippen molar-refractivity contribution in [3.05, 3.63) is 42.2 Å². The summed E-state index contributed by atoms with van der Waals surface area (Å²) in [7, 11) is 5.60. The Hall–Kier alpha value is -3.39. The van der Waals surface area contributed by atoms with E-state index < -0.39 is 0 Å². The highest BCUT2D eigenvalue weighted by molar-refractivity contribution is 5.98. The summed E-state index contributed by atoms with van der Waals surface area (Å²) < 4.78 is 2.08. The van der Waals surface area contributed by atoms with E-state index in [0.29, 0.717) is 18.5 Å². The van der Waals surface area contributed by atoms with Crippen molar-refractivity contribution < 1.29 is 4.79 Å². The Labute approximate surface area is 193 Å². The largest absolute Gasteiger partial charge is 0.353 e. The number of fused-ring (bicyclic) bond motifs is 2. The van der Waals surface area contributed by atoms with Crippen LogP contribution in [0.2, 0.25) is 0 Å². The average molecular weight is 446 g/mol. The number of likely N-dealkylation sites (N-methyl/N-ethyl adjacent to an activating group) is 1. The number of aryl methyl sites for hydroxylation is 1. The maximum atomic E-state index is 11.8. The van der Waals surface area contributed by atoms with E-state index in [1.54, 1.807) is 19.0 Å². The van der Waals surface area contributed by atoms with Gasteiger partial charge in [0.05, 0.1) is 23.3 Å². The van der Waals surface area contributed by atoms with E-state index in [1.807, 2.05) is 19.3 Å². The highest BCUT2D eigenvalue weighted by Gasteiger charge is 2.29. The number of carbonyl (C=O) groups is 1. The first-order valence-corrected chi connectivity index (χ1v) is 11.4. The number of nitrogens with one attached hydrogen (secondary N) is 2. The van der Waals surface area contributed by atoms with Gasteiger partial charge in [0.25, 0.3) is 0 Å². The fourth-order valence-corrected chi connectivity index (χ4v) is 4.62. The van der Waals surface area contributed by atoms with Crippen molar-refractivity contribution in [3.8, 4) is 11.3 Å². The van der Waals surface area contributed by atoms with Crippen molar-refractivity contribution in [2.45, 2.75) is 25.8 Å². The minimum atomic E-state index is 0.0954. The number of H-pyrrole nitrogens is 1. The Balaban J connectivity index is 1.45. The molecule has 4 aromatic rings. The number of amides is 1. The molecule has 172 valence electrons. The van der Waals surface area contributed by atoms with Crippen LogP contribution in [0.25, 0.3) is 33.3 Å². The molecule has 8 heteroatoms. The van der Waals surface area contributed by atoms with E-state index in [2.05, 4.69) is 63.0 Å². The molecule has 5 rings (SSSR count). The van der Waals surface area contributed by atoms with Crippen molar-refractivity contribution >= 4 is 33.8 Å². The lowest BCUT2D eigenvalue weighted by molar-refractivity contribution is -0.127. The van der Waals surface area contributed by atoms with Crippen LogP contribution in [0.5, 0.6) is 0 Å². The normalized spacial score (nSPS) is 14.4. The van der Waals surface area contributed by atoms with Crippen molar-refractivity contribution in [3.63, 3.8) is 0 Å². The molecule has 5 heterocycles. The molecule has 0 saturated carbocycles. The predicted molar refractivity (Wildman–Crippen MR) is 133 cm³/mol. The van der Waals surface area contributed by atoms with Crippen LogP contribution in [-0.4, -0.2) is 70.1 Å². The summed E-state index contributed by atoms with van der Waals surface area (Å²) in [5, 5.41) is 4.47. The van der Waals surface area contributed by atoms with Crippen LogP contribution in [0, 0.1) is 0 Å². The van der Waals surface area contributed by atoms with Gasteiger partial charge >= 0.3 is 0 Å². The van der Waals surface area contributed by atoms with Gasteiger partial charge in [0, 0.05) is 69.2 Å². The first-order valence-electron chi connectivity index (χ1n) is 11.4. The van der Waals surface area contributed by atoms with Gasteiger partial charge in [-0.05, 0) is 30.2 Å². The van der Waals surface area contributed by atoms with Crippen LogP contribution in [0.1, 0.15) is 25.3 Å². The van der Waals surface area contributed by atoms with Gasteiger partial charge in [-0.15, -0.1) is 0 Å². The summed E-state index contributed by atoms with van der Waals surface area (Å²) in [6, 6.07) is 8.63. The second-order valence-electron chi connectivity index (χ2n) is 9.43. The highest BCUT2D eigenvalue weighted by atomic mass is 16.2. The number of pyridine rings is 2. The van der Waals surface area contributed by atoms with Crippen LogP contribution in [0.15, 0.2) is 36.7 Å². The minimum absolute atomic E-state index is 0.0954. The zero-order valence-corrected chi connectivity index (χ0v) is 19.9. The number of carbonyl (C=O) groups excluding carboxylic acids is 1. The van der Waals surface area contributed by atoms with Gasteiger partial charge in [-0.25, -0.2) is 9.97 Å². The summed E-state index contributed by atoms with van der Waals surface area (Å²) in [5.74, 6) is 1.39. The van der Waals surface area contributed by atoms with E-state index in [9.17, 15) is 4.79 Å². The van der Waals surface area contributed by atoms with Crippen LogP contribution >= 0.6 is 0 Å². The summed E-state index contributed by atoms with van der Waals surface area (Å²) in [6.45, 7) is 6.51. The van der Waals surface area contributed by atoms with E-state index in [-0.39, 0.29) is 5.91 Å². The van der Waals surface area contributed by atoms with Crippen molar-refractivity contribution in [2.75, 3.05) is 38.6 Å². The van der Waals surface area contributed by atoms with E-state index in [1.165, 1.54) is 5.56 Å². The number of aromatic amines is 1. The van der Waals surface area contributed by atoms with Crippen LogP contribution in [-0.2, 0) is 11.8 Å². The van der Waals surface area contributed by atoms with Gasteiger partial charge in [0.15, 0.2) is 0 Å². The SMILES string of the molecule is CC(C)c1c(-c2cn(C)c3ncccc23)[nH]c2ccc(N3CC(NCC(=O)N(C)C)C3)nc12. The number of aromatic nitrogens is 4. The molecule has 0 aliphatic carbocycles. The Bertz CT molecular complexity index is 1330. The van der Waals surface area contributed by atoms with Gasteiger partial charge in [-0.1, -0.05) is 13.8 Å². The lowest BCUT2D eigenvalue weighted by atomic mass is 9.98. The van der Waals surface area contributed by atoms with Crippen molar-refractivity contribution in [1.29, 1.82) is 0 Å². The zero-order chi connectivity index (χ0) is 23.3. The van der Waals surface area contributed by atoms with Gasteiger partial charge < -0.3 is 24.7 Å². The molecule has 1 amide bonds. The molecule has 33 heavy (non-hydrogen) atoms.